The number of aromatic nitrogens is 3. The van der Waals surface area contributed by atoms with Gasteiger partial charge >= 0.3 is 0 Å². The Labute approximate surface area is 234 Å². The molecule has 0 radical (unpaired) electrons. The van der Waals surface area contributed by atoms with E-state index in [0.29, 0.717) is 6.54 Å². The predicted molar refractivity (Wildman–Crippen MR) is 158 cm³/mol. The van der Waals surface area contributed by atoms with Crippen molar-refractivity contribution in [3.05, 3.63) is 59.1 Å². The van der Waals surface area contributed by atoms with E-state index in [2.05, 4.69) is 45.9 Å². The fourth-order valence-electron chi connectivity index (χ4n) is 6.43. The number of hydrogen-bond acceptors (Lipinski definition) is 6. The van der Waals surface area contributed by atoms with Gasteiger partial charge in [-0.3, -0.25) is 9.80 Å². The van der Waals surface area contributed by atoms with Crippen LogP contribution in [-0.2, 0) is 6.54 Å². The lowest BCUT2D eigenvalue weighted by molar-refractivity contribution is 0.00224. The molecule has 0 bridgehead atoms. The van der Waals surface area contributed by atoms with E-state index in [4.69, 9.17) is 10.1 Å². The van der Waals surface area contributed by atoms with Crippen molar-refractivity contribution in [2.24, 2.45) is 0 Å². The van der Waals surface area contributed by atoms with Crippen LogP contribution in [0.3, 0.4) is 0 Å². The summed E-state index contributed by atoms with van der Waals surface area (Å²) < 4.78 is 18.3. The van der Waals surface area contributed by atoms with Gasteiger partial charge in [0.15, 0.2) is 5.82 Å². The third kappa shape index (κ3) is 4.87. The molecule has 0 spiro atoms. The van der Waals surface area contributed by atoms with E-state index in [1.165, 1.54) is 46.5 Å². The Morgan fingerprint density at radius 2 is 1.79 bits per heavy atom. The van der Waals surface area contributed by atoms with E-state index < -0.39 is 6.17 Å². The Kier molecular flexibility index (Phi) is 6.87. The second-order valence-corrected chi connectivity index (χ2v) is 12.5. The van der Waals surface area contributed by atoms with Gasteiger partial charge in [0, 0.05) is 61.5 Å². The number of piperidine rings is 2. The summed E-state index contributed by atoms with van der Waals surface area (Å²) in [4.78, 5) is 13.7. The molecule has 0 N–H and O–H groups in total. The van der Waals surface area contributed by atoms with Gasteiger partial charge in [-0.15, -0.1) is 11.3 Å². The monoisotopic (exact) mass is 544 g/mol. The number of nitrogens with zero attached hydrogens (tertiary/aromatic N) is 6. The molecule has 2 unspecified atom stereocenters. The molecule has 4 aromatic rings. The van der Waals surface area contributed by atoms with Gasteiger partial charge < -0.3 is 4.90 Å². The van der Waals surface area contributed by atoms with Crippen molar-refractivity contribution >= 4 is 27.2 Å². The fraction of sp³-hybridized carbons (Fsp3) is 0.484. The average Bonchev–Trinajstić information content (AvgIpc) is 3.55. The van der Waals surface area contributed by atoms with Crippen molar-refractivity contribution in [3.63, 3.8) is 0 Å². The molecule has 7 rings (SSSR count). The molecule has 3 aliphatic heterocycles. The number of likely N-dealkylation sites (tertiary alicyclic amines) is 2. The van der Waals surface area contributed by atoms with Crippen LogP contribution in [0.5, 0.6) is 0 Å². The maximum Gasteiger partial charge on any atom is 0.156 e. The van der Waals surface area contributed by atoms with Crippen LogP contribution in [0.2, 0.25) is 0 Å². The Hall–Kier alpha value is -2.81. The van der Waals surface area contributed by atoms with Gasteiger partial charge in [0.1, 0.15) is 6.17 Å². The zero-order chi connectivity index (χ0) is 26.3. The van der Waals surface area contributed by atoms with Gasteiger partial charge in [-0.05, 0) is 63.7 Å². The molecular weight excluding hydrogens is 507 g/mol. The molecule has 3 fully saturated rings. The predicted octanol–water partition coefficient (Wildman–Crippen LogP) is 6.07. The second-order valence-electron chi connectivity index (χ2n) is 11.4. The first-order chi connectivity index (χ1) is 19.1. The summed E-state index contributed by atoms with van der Waals surface area (Å²) in [5.41, 5.74) is 5.61. The van der Waals surface area contributed by atoms with Crippen molar-refractivity contribution in [2.45, 2.75) is 57.8 Å². The Bertz CT molecular complexity index is 1440. The molecule has 6 heterocycles. The number of pyridine rings is 1. The largest absolute Gasteiger partial charge is 0.370 e. The first kappa shape index (κ1) is 25.2. The highest BCUT2D eigenvalue weighted by Gasteiger charge is 2.36. The van der Waals surface area contributed by atoms with E-state index in [1.807, 2.05) is 40.4 Å². The van der Waals surface area contributed by atoms with Crippen LogP contribution in [-0.4, -0.2) is 76.0 Å². The van der Waals surface area contributed by atoms with Crippen molar-refractivity contribution < 1.29 is 4.39 Å². The van der Waals surface area contributed by atoms with Crippen LogP contribution < -0.4 is 4.90 Å². The minimum Gasteiger partial charge on any atom is -0.370 e. The summed E-state index contributed by atoms with van der Waals surface area (Å²) >= 11 is 1.86. The number of aryl methyl sites for hydroxylation is 1. The molecular formula is C31H37FN6S. The standard InChI is InChI=1S/C31H37FN6S/c1-22-28(21-35-17-12-26(24(32)20-35)36-15-8-16-36)39-31-27(37-13-6-3-7-14-37)19-29(33-30(22)31)38-18-11-25(34-38)23-9-4-2-5-10-23/h2,4-5,9-11,18-19,24,26H,3,6-8,12-17,20-21H2,1H3. The molecule has 3 aromatic heterocycles. The molecule has 0 aliphatic carbocycles. The van der Waals surface area contributed by atoms with Gasteiger partial charge in [-0.2, -0.15) is 5.10 Å². The Morgan fingerprint density at radius 3 is 2.54 bits per heavy atom. The number of halogens is 1. The van der Waals surface area contributed by atoms with Gasteiger partial charge in [0.05, 0.1) is 21.6 Å². The average molecular weight is 545 g/mol. The summed E-state index contributed by atoms with van der Waals surface area (Å²) in [5.74, 6) is 0.858. The van der Waals surface area contributed by atoms with Gasteiger partial charge in [-0.25, -0.2) is 14.1 Å². The molecule has 3 aliphatic rings. The first-order valence-electron chi connectivity index (χ1n) is 14.5. The fourth-order valence-corrected chi connectivity index (χ4v) is 7.76. The molecule has 6 nitrogen and oxygen atoms in total. The topological polar surface area (TPSA) is 40.4 Å². The highest BCUT2D eigenvalue weighted by Crippen LogP contribution is 2.40. The maximum atomic E-state index is 15.1. The number of benzene rings is 1. The van der Waals surface area contributed by atoms with Gasteiger partial charge in [0.2, 0.25) is 0 Å². The molecule has 8 heteroatoms. The second kappa shape index (κ2) is 10.6. The lowest BCUT2D eigenvalue weighted by Crippen LogP contribution is -2.56. The van der Waals surface area contributed by atoms with E-state index >= 15 is 4.39 Å². The summed E-state index contributed by atoms with van der Waals surface area (Å²) in [6, 6.07) is 14.7. The number of thiophene rings is 1. The third-order valence-corrected chi connectivity index (χ3v) is 10.1. The third-order valence-electron chi connectivity index (χ3n) is 8.85. The SMILES string of the molecule is Cc1c(CN2CCC(N3CCC3)C(F)C2)sc2c(N3CCCCC3)cc(-n3ccc(-c4ccccc4)n3)nc12. The maximum absolute atomic E-state index is 15.1. The van der Waals surface area contributed by atoms with Crippen LogP contribution in [0.25, 0.3) is 27.3 Å². The first-order valence-corrected chi connectivity index (χ1v) is 15.4. The number of alkyl halides is 1. The lowest BCUT2D eigenvalue weighted by Gasteiger charge is -2.44. The van der Waals surface area contributed by atoms with Gasteiger partial charge in [0.25, 0.3) is 0 Å². The minimum absolute atomic E-state index is 0.114. The van der Waals surface area contributed by atoms with Crippen LogP contribution in [0.4, 0.5) is 10.1 Å². The summed E-state index contributed by atoms with van der Waals surface area (Å²) in [7, 11) is 0. The highest BCUT2D eigenvalue weighted by atomic mass is 32.1. The normalized spacial score (nSPS) is 22.9. The van der Waals surface area contributed by atoms with Crippen molar-refractivity contribution in [3.8, 4) is 17.1 Å². The number of rotatable bonds is 6. The molecule has 0 saturated carbocycles. The molecule has 204 valence electrons. The zero-order valence-electron chi connectivity index (χ0n) is 22.7. The van der Waals surface area contributed by atoms with Crippen molar-refractivity contribution in [1.29, 1.82) is 0 Å². The quantitative estimate of drug-likeness (QED) is 0.295. The zero-order valence-corrected chi connectivity index (χ0v) is 23.5. The lowest BCUT2D eigenvalue weighted by atomic mass is 9.98. The van der Waals surface area contributed by atoms with Crippen molar-refractivity contribution in [2.75, 3.05) is 44.2 Å². The van der Waals surface area contributed by atoms with E-state index in [1.54, 1.807) is 0 Å². The van der Waals surface area contributed by atoms with Crippen molar-refractivity contribution in [1.82, 2.24) is 24.6 Å². The summed E-state index contributed by atoms with van der Waals surface area (Å²) in [6.45, 7) is 8.77. The van der Waals surface area contributed by atoms with Crippen LogP contribution in [0.1, 0.15) is 42.5 Å². The van der Waals surface area contributed by atoms with E-state index in [0.717, 1.165) is 68.3 Å². The van der Waals surface area contributed by atoms with Crippen LogP contribution >= 0.6 is 11.3 Å². The molecule has 1 aromatic carbocycles. The van der Waals surface area contributed by atoms with E-state index in [-0.39, 0.29) is 6.04 Å². The summed E-state index contributed by atoms with van der Waals surface area (Å²) in [5, 5.41) is 4.90. The Balaban J connectivity index is 1.21. The molecule has 2 atom stereocenters. The smallest absolute Gasteiger partial charge is 0.156 e. The number of fused-ring (bicyclic) bond motifs is 1. The summed E-state index contributed by atoms with van der Waals surface area (Å²) in [6.07, 6.45) is 7.14. The van der Waals surface area contributed by atoms with Crippen LogP contribution in [0, 0.1) is 6.92 Å². The van der Waals surface area contributed by atoms with Gasteiger partial charge in [-0.1, -0.05) is 30.3 Å². The highest BCUT2D eigenvalue weighted by molar-refractivity contribution is 7.19. The minimum atomic E-state index is -0.763. The molecule has 39 heavy (non-hydrogen) atoms. The molecule has 0 amide bonds. The Morgan fingerprint density at radius 1 is 0.974 bits per heavy atom. The number of anilines is 1. The molecule has 3 saturated heterocycles. The van der Waals surface area contributed by atoms with Crippen LogP contribution in [0.15, 0.2) is 48.7 Å². The number of hydrogen-bond donors (Lipinski definition) is 0. The van der Waals surface area contributed by atoms with E-state index in [9.17, 15) is 0 Å².